The molecule has 0 saturated carbocycles. The Morgan fingerprint density at radius 2 is 1.79 bits per heavy atom. The molecule has 1 saturated heterocycles. The highest BCUT2D eigenvalue weighted by Gasteiger charge is 2.21. The molecule has 2 aromatic rings. The van der Waals surface area contributed by atoms with Crippen LogP contribution in [0.15, 0.2) is 36.4 Å². The third-order valence-corrected chi connectivity index (χ3v) is 6.77. The molecule has 3 nitrogen and oxygen atoms in total. The highest BCUT2D eigenvalue weighted by Crippen LogP contribution is 2.29. The summed E-state index contributed by atoms with van der Waals surface area (Å²) in [6.07, 6.45) is 4.51. The second-order valence-corrected chi connectivity index (χ2v) is 9.94. The van der Waals surface area contributed by atoms with E-state index in [1.54, 1.807) is 11.3 Å². The van der Waals surface area contributed by atoms with E-state index in [2.05, 4.69) is 57.3 Å². The summed E-state index contributed by atoms with van der Waals surface area (Å²) in [4.78, 5) is 15.3. The van der Waals surface area contributed by atoms with Crippen LogP contribution in [-0.2, 0) is 5.41 Å². The molecule has 0 radical (unpaired) electrons. The number of rotatable bonds is 7. The molecule has 1 amide bonds. The second kappa shape index (κ2) is 9.13. The van der Waals surface area contributed by atoms with Crippen molar-refractivity contribution >= 4 is 22.2 Å². The molecule has 0 spiro atoms. The van der Waals surface area contributed by atoms with E-state index in [9.17, 15) is 4.79 Å². The summed E-state index contributed by atoms with van der Waals surface area (Å²) in [6, 6.07) is 13.2. The van der Waals surface area contributed by atoms with Crippen molar-refractivity contribution in [2.24, 2.45) is 0 Å². The van der Waals surface area contributed by atoms with E-state index in [4.69, 9.17) is 0 Å². The van der Waals surface area contributed by atoms with Crippen LogP contribution in [0.3, 0.4) is 0 Å². The maximum Gasteiger partial charge on any atom is 0.263 e. The van der Waals surface area contributed by atoms with Crippen molar-refractivity contribution in [3.05, 3.63) is 52.4 Å². The topological polar surface area (TPSA) is 32.3 Å². The number of hydrogen-bond donors (Lipinski definition) is 1. The highest BCUT2D eigenvalue weighted by molar-refractivity contribution is 7.17. The summed E-state index contributed by atoms with van der Waals surface area (Å²) in [5, 5.41) is 4.63. The lowest BCUT2D eigenvalue weighted by Gasteiger charge is -2.21. The number of amides is 1. The predicted octanol–water partition coefficient (Wildman–Crippen LogP) is 6.28. The summed E-state index contributed by atoms with van der Waals surface area (Å²) in [6.45, 7) is 11.8. The van der Waals surface area contributed by atoms with Gasteiger partial charge in [-0.3, -0.25) is 4.79 Å². The molecule has 0 aliphatic carbocycles. The molecule has 0 bridgehead atoms. The van der Waals surface area contributed by atoms with Crippen LogP contribution in [0.1, 0.15) is 80.1 Å². The van der Waals surface area contributed by atoms with Crippen molar-refractivity contribution in [2.75, 3.05) is 25.0 Å². The number of carbonyl (C=O) groups is 1. The minimum Gasteiger partial charge on any atom is -0.377 e. The van der Waals surface area contributed by atoms with Crippen LogP contribution < -0.4 is 5.32 Å². The van der Waals surface area contributed by atoms with Crippen LogP contribution in [0.4, 0.5) is 5.00 Å². The zero-order valence-electron chi connectivity index (χ0n) is 17.8. The zero-order valence-corrected chi connectivity index (χ0v) is 18.6. The van der Waals surface area contributed by atoms with Crippen LogP contribution in [0.25, 0.3) is 0 Å². The fraction of sp³-hybridized carbons (Fsp3) is 0.542. The van der Waals surface area contributed by atoms with Gasteiger partial charge in [-0.1, -0.05) is 52.0 Å². The standard InChI is InChI=1S/C24H34N2OS/c1-5-18(19-8-10-20(11-9-19)24(2,3)4)14-15-25-22-13-12-21(28-22)23(27)26-16-6-7-17-26/h8-13,18,25H,5-7,14-17H2,1-4H3. The monoisotopic (exact) mass is 398 g/mol. The van der Waals surface area contributed by atoms with Crippen molar-refractivity contribution in [1.29, 1.82) is 0 Å². The Morgan fingerprint density at radius 3 is 2.39 bits per heavy atom. The molecule has 1 aliphatic heterocycles. The van der Waals surface area contributed by atoms with E-state index in [1.807, 2.05) is 17.0 Å². The van der Waals surface area contributed by atoms with Crippen molar-refractivity contribution in [3.8, 4) is 0 Å². The molecule has 28 heavy (non-hydrogen) atoms. The van der Waals surface area contributed by atoms with Gasteiger partial charge in [0.25, 0.3) is 5.91 Å². The van der Waals surface area contributed by atoms with Gasteiger partial charge in [0.1, 0.15) is 0 Å². The van der Waals surface area contributed by atoms with Crippen LogP contribution >= 0.6 is 11.3 Å². The summed E-state index contributed by atoms with van der Waals surface area (Å²) in [7, 11) is 0. The van der Waals surface area contributed by atoms with E-state index < -0.39 is 0 Å². The minimum absolute atomic E-state index is 0.195. The van der Waals surface area contributed by atoms with Crippen molar-refractivity contribution in [2.45, 2.75) is 64.7 Å². The van der Waals surface area contributed by atoms with E-state index in [0.29, 0.717) is 5.92 Å². The Kier molecular flexibility index (Phi) is 6.82. The number of thiophene rings is 1. The molecule has 1 N–H and O–H groups in total. The molecule has 1 fully saturated rings. The lowest BCUT2D eigenvalue weighted by Crippen LogP contribution is -2.26. The Hall–Kier alpha value is -1.81. The molecular weight excluding hydrogens is 364 g/mol. The average molecular weight is 399 g/mol. The Labute approximate surface area is 174 Å². The third kappa shape index (κ3) is 5.16. The number of benzene rings is 1. The van der Waals surface area contributed by atoms with Crippen LogP contribution in [0.2, 0.25) is 0 Å². The highest BCUT2D eigenvalue weighted by atomic mass is 32.1. The van der Waals surface area contributed by atoms with Gasteiger partial charge in [0, 0.05) is 19.6 Å². The first-order valence-electron chi connectivity index (χ1n) is 10.6. The summed E-state index contributed by atoms with van der Waals surface area (Å²) in [5.41, 5.74) is 3.01. The smallest absolute Gasteiger partial charge is 0.263 e. The molecule has 4 heteroatoms. The Morgan fingerprint density at radius 1 is 1.11 bits per heavy atom. The molecule has 1 aliphatic rings. The fourth-order valence-electron chi connectivity index (χ4n) is 3.86. The van der Waals surface area contributed by atoms with Gasteiger partial charge < -0.3 is 10.2 Å². The first kappa shape index (κ1) is 20.9. The maximum absolute atomic E-state index is 12.5. The van der Waals surface area contributed by atoms with Crippen molar-refractivity contribution in [3.63, 3.8) is 0 Å². The van der Waals surface area contributed by atoms with Crippen LogP contribution in [0.5, 0.6) is 0 Å². The molecule has 152 valence electrons. The molecular formula is C24H34N2OS. The van der Waals surface area contributed by atoms with Gasteiger partial charge in [0.15, 0.2) is 0 Å². The van der Waals surface area contributed by atoms with Gasteiger partial charge in [0.2, 0.25) is 0 Å². The van der Waals surface area contributed by atoms with Crippen molar-refractivity contribution in [1.82, 2.24) is 4.90 Å². The quantitative estimate of drug-likeness (QED) is 0.595. The third-order valence-electron chi connectivity index (χ3n) is 5.74. The second-order valence-electron chi connectivity index (χ2n) is 8.86. The number of nitrogens with one attached hydrogen (secondary N) is 1. The maximum atomic E-state index is 12.5. The van der Waals surface area contributed by atoms with Gasteiger partial charge in [-0.2, -0.15) is 0 Å². The molecule has 1 aromatic carbocycles. The Bertz CT molecular complexity index is 767. The lowest BCUT2D eigenvalue weighted by atomic mass is 9.85. The van der Waals surface area contributed by atoms with Gasteiger partial charge in [0.05, 0.1) is 9.88 Å². The molecule has 3 rings (SSSR count). The molecule has 1 atom stereocenters. The average Bonchev–Trinajstić information content (AvgIpc) is 3.36. The summed E-state index contributed by atoms with van der Waals surface area (Å²) >= 11 is 1.59. The number of carbonyl (C=O) groups excluding carboxylic acids is 1. The SMILES string of the molecule is CCC(CCNc1ccc(C(=O)N2CCCC2)s1)c1ccc(C(C)(C)C)cc1. The van der Waals surface area contributed by atoms with E-state index in [0.717, 1.165) is 55.2 Å². The number of likely N-dealkylation sites (tertiary alicyclic amines) is 1. The Balaban J connectivity index is 1.52. The first-order chi connectivity index (χ1) is 13.4. The van der Waals surface area contributed by atoms with E-state index in [1.165, 1.54) is 11.1 Å². The zero-order chi connectivity index (χ0) is 20.1. The van der Waals surface area contributed by atoms with E-state index in [-0.39, 0.29) is 11.3 Å². The van der Waals surface area contributed by atoms with Gasteiger partial charge in [-0.25, -0.2) is 0 Å². The molecule has 1 unspecified atom stereocenters. The van der Waals surface area contributed by atoms with Gasteiger partial charge in [-0.15, -0.1) is 11.3 Å². The largest absolute Gasteiger partial charge is 0.377 e. The fourth-order valence-corrected chi connectivity index (χ4v) is 4.75. The van der Waals surface area contributed by atoms with Crippen LogP contribution in [0, 0.1) is 0 Å². The molecule has 1 aromatic heterocycles. The van der Waals surface area contributed by atoms with Crippen molar-refractivity contribution < 1.29 is 4.79 Å². The predicted molar refractivity (Wildman–Crippen MR) is 121 cm³/mol. The first-order valence-corrected chi connectivity index (χ1v) is 11.4. The molecule has 2 heterocycles. The van der Waals surface area contributed by atoms with Gasteiger partial charge >= 0.3 is 0 Å². The normalized spacial score (nSPS) is 15.6. The summed E-state index contributed by atoms with van der Waals surface area (Å²) in [5.74, 6) is 0.758. The minimum atomic E-state index is 0.195. The summed E-state index contributed by atoms with van der Waals surface area (Å²) < 4.78 is 0. The lowest BCUT2D eigenvalue weighted by molar-refractivity contribution is 0.0797. The van der Waals surface area contributed by atoms with Crippen LogP contribution in [-0.4, -0.2) is 30.4 Å². The number of anilines is 1. The van der Waals surface area contributed by atoms with E-state index >= 15 is 0 Å². The number of nitrogens with zero attached hydrogens (tertiary/aromatic N) is 1. The van der Waals surface area contributed by atoms with Gasteiger partial charge in [-0.05, 0) is 60.3 Å². The number of hydrogen-bond acceptors (Lipinski definition) is 3.